The van der Waals surface area contributed by atoms with Crippen molar-refractivity contribution in [2.45, 2.75) is 51.0 Å². The zero-order chi connectivity index (χ0) is 10.6. The average Bonchev–Trinajstić information content (AvgIpc) is 2.16. The molecule has 0 saturated carbocycles. The predicted molar refractivity (Wildman–Crippen MR) is 63.8 cm³/mol. The van der Waals surface area contributed by atoms with E-state index in [9.17, 15) is 5.11 Å². The highest BCUT2D eigenvalue weighted by atomic mass is 32.2. The molecule has 14 heavy (non-hydrogen) atoms. The van der Waals surface area contributed by atoms with Crippen LogP contribution < -0.4 is 5.32 Å². The number of aliphatic hydroxyl groups excluding tert-OH is 1. The number of nitrogens with one attached hydrogen (secondary N) is 1. The molecule has 1 rings (SSSR count). The largest absolute Gasteiger partial charge is 0.392 e. The van der Waals surface area contributed by atoms with Gasteiger partial charge in [-0.15, -0.1) is 0 Å². The van der Waals surface area contributed by atoms with Crippen molar-refractivity contribution < 1.29 is 5.11 Å². The van der Waals surface area contributed by atoms with Crippen LogP contribution in [0.4, 0.5) is 0 Å². The molecule has 0 bridgehead atoms. The van der Waals surface area contributed by atoms with Crippen molar-refractivity contribution in [3.63, 3.8) is 0 Å². The molecule has 0 aromatic rings. The van der Waals surface area contributed by atoms with Crippen molar-refractivity contribution >= 4 is 11.8 Å². The summed E-state index contributed by atoms with van der Waals surface area (Å²) in [4.78, 5) is 0. The fourth-order valence-electron chi connectivity index (χ4n) is 1.70. The van der Waals surface area contributed by atoms with Crippen LogP contribution in [0.25, 0.3) is 0 Å². The fraction of sp³-hybridized carbons (Fsp3) is 1.00. The molecule has 1 aliphatic heterocycles. The third kappa shape index (κ3) is 3.79. The topological polar surface area (TPSA) is 32.3 Å². The molecular weight excluding hydrogens is 194 g/mol. The van der Waals surface area contributed by atoms with Crippen LogP contribution in [0.15, 0.2) is 0 Å². The second kappa shape index (κ2) is 5.99. The molecule has 0 aliphatic carbocycles. The lowest BCUT2D eigenvalue weighted by molar-refractivity contribution is 0.119. The number of thioether (sulfide) groups is 1. The standard InChI is InChI=1S/C11H23NOS/c1-8(2)11(13)7-12-10-5-4-6-14-9(10)3/h8-13H,4-7H2,1-3H3. The summed E-state index contributed by atoms with van der Waals surface area (Å²) in [6, 6.07) is 0.599. The Kier molecular flexibility index (Phi) is 5.28. The highest BCUT2D eigenvalue weighted by Crippen LogP contribution is 2.24. The first-order valence-corrected chi connectivity index (χ1v) is 6.69. The molecule has 0 spiro atoms. The third-order valence-electron chi connectivity index (χ3n) is 2.97. The lowest BCUT2D eigenvalue weighted by Gasteiger charge is -2.30. The molecule has 2 nitrogen and oxygen atoms in total. The minimum Gasteiger partial charge on any atom is -0.392 e. The maximum absolute atomic E-state index is 9.67. The first kappa shape index (κ1) is 12.3. The third-order valence-corrected chi connectivity index (χ3v) is 4.34. The second-order valence-electron chi connectivity index (χ2n) is 4.54. The molecule has 0 radical (unpaired) electrons. The second-order valence-corrected chi connectivity index (χ2v) is 6.03. The molecule has 0 aromatic heterocycles. The van der Waals surface area contributed by atoms with E-state index in [4.69, 9.17) is 0 Å². The molecule has 1 fully saturated rings. The molecule has 1 heterocycles. The summed E-state index contributed by atoms with van der Waals surface area (Å²) < 4.78 is 0. The van der Waals surface area contributed by atoms with Gasteiger partial charge in [-0.3, -0.25) is 0 Å². The van der Waals surface area contributed by atoms with Gasteiger partial charge >= 0.3 is 0 Å². The Morgan fingerprint density at radius 3 is 2.79 bits per heavy atom. The van der Waals surface area contributed by atoms with Crippen molar-refractivity contribution in [3.05, 3.63) is 0 Å². The predicted octanol–water partition coefficient (Wildman–Crippen LogP) is 1.88. The molecular formula is C11H23NOS. The summed E-state index contributed by atoms with van der Waals surface area (Å²) in [6.07, 6.45) is 2.37. The lowest BCUT2D eigenvalue weighted by atomic mass is 10.1. The minimum absolute atomic E-state index is 0.200. The van der Waals surface area contributed by atoms with E-state index in [0.29, 0.717) is 17.2 Å². The normalized spacial score (nSPS) is 30.6. The van der Waals surface area contributed by atoms with Gasteiger partial charge in [-0.2, -0.15) is 11.8 Å². The van der Waals surface area contributed by atoms with Gasteiger partial charge in [-0.05, 0) is 24.5 Å². The van der Waals surface area contributed by atoms with E-state index < -0.39 is 0 Å². The molecule has 3 unspecified atom stereocenters. The first-order valence-electron chi connectivity index (χ1n) is 5.64. The molecule has 0 amide bonds. The highest BCUT2D eigenvalue weighted by molar-refractivity contribution is 7.99. The van der Waals surface area contributed by atoms with E-state index in [1.807, 2.05) is 11.8 Å². The Morgan fingerprint density at radius 1 is 1.50 bits per heavy atom. The first-order chi connectivity index (χ1) is 6.61. The summed E-state index contributed by atoms with van der Waals surface area (Å²) in [6.45, 7) is 7.15. The SMILES string of the molecule is CC(C)C(O)CNC1CCCSC1C. The Hall–Kier alpha value is 0.270. The Bertz CT molecular complexity index is 163. The number of aliphatic hydroxyl groups is 1. The molecule has 3 heteroatoms. The lowest BCUT2D eigenvalue weighted by Crippen LogP contribution is -2.43. The van der Waals surface area contributed by atoms with Gasteiger partial charge in [-0.1, -0.05) is 20.8 Å². The summed E-state index contributed by atoms with van der Waals surface area (Å²) in [5.74, 6) is 1.65. The Labute approximate surface area is 91.9 Å². The molecule has 1 aliphatic rings. The van der Waals surface area contributed by atoms with Crippen molar-refractivity contribution in [2.24, 2.45) is 5.92 Å². The van der Waals surface area contributed by atoms with E-state index >= 15 is 0 Å². The van der Waals surface area contributed by atoms with Gasteiger partial charge in [0.1, 0.15) is 0 Å². The monoisotopic (exact) mass is 217 g/mol. The molecule has 84 valence electrons. The van der Waals surface area contributed by atoms with Crippen LogP contribution >= 0.6 is 11.8 Å². The molecule has 3 atom stereocenters. The molecule has 2 N–H and O–H groups in total. The maximum atomic E-state index is 9.67. The minimum atomic E-state index is -0.200. The molecule has 1 saturated heterocycles. The van der Waals surface area contributed by atoms with Crippen LogP contribution in [0.2, 0.25) is 0 Å². The van der Waals surface area contributed by atoms with Crippen LogP contribution in [0, 0.1) is 5.92 Å². The van der Waals surface area contributed by atoms with Gasteiger partial charge in [0.25, 0.3) is 0 Å². The van der Waals surface area contributed by atoms with Crippen LogP contribution in [-0.2, 0) is 0 Å². The number of hydrogen-bond acceptors (Lipinski definition) is 3. The van der Waals surface area contributed by atoms with E-state index in [1.165, 1.54) is 18.6 Å². The van der Waals surface area contributed by atoms with Gasteiger partial charge in [-0.25, -0.2) is 0 Å². The Morgan fingerprint density at radius 2 is 2.21 bits per heavy atom. The number of rotatable bonds is 4. The van der Waals surface area contributed by atoms with Crippen LogP contribution in [-0.4, -0.2) is 34.8 Å². The van der Waals surface area contributed by atoms with Crippen molar-refractivity contribution in [2.75, 3.05) is 12.3 Å². The van der Waals surface area contributed by atoms with Crippen molar-refractivity contribution in [3.8, 4) is 0 Å². The van der Waals surface area contributed by atoms with Gasteiger partial charge in [0.15, 0.2) is 0 Å². The summed E-state index contributed by atoms with van der Waals surface area (Å²) in [7, 11) is 0. The van der Waals surface area contributed by atoms with Gasteiger partial charge < -0.3 is 10.4 Å². The maximum Gasteiger partial charge on any atom is 0.0687 e. The molecule has 0 aromatic carbocycles. The van der Waals surface area contributed by atoms with Crippen LogP contribution in [0.5, 0.6) is 0 Å². The van der Waals surface area contributed by atoms with E-state index in [-0.39, 0.29) is 6.10 Å². The van der Waals surface area contributed by atoms with Gasteiger partial charge in [0.05, 0.1) is 6.10 Å². The van der Waals surface area contributed by atoms with E-state index in [0.717, 1.165) is 6.54 Å². The fourth-order valence-corrected chi connectivity index (χ4v) is 2.87. The summed E-state index contributed by atoms with van der Waals surface area (Å²) in [5.41, 5.74) is 0. The summed E-state index contributed by atoms with van der Waals surface area (Å²) >= 11 is 2.04. The van der Waals surface area contributed by atoms with E-state index in [1.54, 1.807) is 0 Å². The number of hydrogen-bond donors (Lipinski definition) is 2. The van der Waals surface area contributed by atoms with E-state index in [2.05, 4.69) is 26.1 Å². The smallest absolute Gasteiger partial charge is 0.0687 e. The zero-order valence-corrected chi connectivity index (χ0v) is 10.3. The van der Waals surface area contributed by atoms with Gasteiger partial charge in [0, 0.05) is 17.8 Å². The average molecular weight is 217 g/mol. The zero-order valence-electron chi connectivity index (χ0n) is 9.49. The van der Waals surface area contributed by atoms with Gasteiger partial charge in [0.2, 0.25) is 0 Å². The van der Waals surface area contributed by atoms with Crippen LogP contribution in [0.1, 0.15) is 33.6 Å². The summed E-state index contributed by atoms with van der Waals surface area (Å²) in [5, 5.41) is 13.9. The van der Waals surface area contributed by atoms with Crippen LogP contribution in [0.3, 0.4) is 0 Å². The van der Waals surface area contributed by atoms with Crippen molar-refractivity contribution in [1.29, 1.82) is 0 Å². The quantitative estimate of drug-likeness (QED) is 0.754. The Balaban J connectivity index is 2.22. The highest BCUT2D eigenvalue weighted by Gasteiger charge is 2.22. The van der Waals surface area contributed by atoms with Crippen molar-refractivity contribution in [1.82, 2.24) is 5.32 Å².